The number of rotatable bonds is 5. The number of ether oxygens (including phenoxy) is 1. The molecule has 1 aliphatic heterocycles. The molecule has 0 unspecified atom stereocenters. The summed E-state index contributed by atoms with van der Waals surface area (Å²) in [5.41, 5.74) is 1.03. The Bertz CT molecular complexity index is 798. The van der Waals surface area contributed by atoms with Gasteiger partial charge in [0.15, 0.2) is 5.76 Å². The SMILES string of the molecule is CCOC(=O)c1ccc(NC(=O)[C@H]2CCCN(C(=O)c3ccco3)C2)cc1. The summed E-state index contributed by atoms with van der Waals surface area (Å²) in [6.45, 7) is 3.02. The van der Waals surface area contributed by atoms with E-state index < -0.39 is 5.97 Å². The number of carbonyl (C=O) groups excluding carboxylic acids is 3. The average Bonchev–Trinajstić information content (AvgIpc) is 3.23. The van der Waals surface area contributed by atoms with Crippen molar-refractivity contribution >= 4 is 23.5 Å². The van der Waals surface area contributed by atoms with Crippen LogP contribution in [0.15, 0.2) is 47.1 Å². The Morgan fingerprint density at radius 3 is 2.67 bits per heavy atom. The van der Waals surface area contributed by atoms with Gasteiger partial charge in [-0.25, -0.2) is 4.79 Å². The van der Waals surface area contributed by atoms with Gasteiger partial charge in [-0.1, -0.05) is 0 Å². The lowest BCUT2D eigenvalue weighted by Crippen LogP contribution is -2.43. The highest BCUT2D eigenvalue weighted by atomic mass is 16.5. The maximum Gasteiger partial charge on any atom is 0.338 e. The third-order valence-electron chi connectivity index (χ3n) is 4.47. The molecule has 7 heteroatoms. The summed E-state index contributed by atoms with van der Waals surface area (Å²) < 4.78 is 10.1. The van der Waals surface area contributed by atoms with Gasteiger partial charge in [-0.3, -0.25) is 9.59 Å². The molecule has 0 bridgehead atoms. The highest BCUT2D eigenvalue weighted by Gasteiger charge is 2.29. The van der Waals surface area contributed by atoms with Crippen molar-refractivity contribution in [3.05, 3.63) is 54.0 Å². The molecule has 1 aromatic carbocycles. The van der Waals surface area contributed by atoms with E-state index in [1.165, 1.54) is 6.26 Å². The number of likely N-dealkylation sites (tertiary alicyclic amines) is 1. The smallest absolute Gasteiger partial charge is 0.338 e. The zero-order valence-corrected chi connectivity index (χ0v) is 15.1. The van der Waals surface area contributed by atoms with E-state index in [1.807, 2.05) is 0 Å². The van der Waals surface area contributed by atoms with Gasteiger partial charge < -0.3 is 19.4 Å². The van der Waals surface area contributed by atoms with E-state index in [1.54, 1.807) is 48.2 Å². The lowest BCUT2D eigenvalue weighted by Gasteiger charge is -2.31. The van der Waals surface area contributed by atoms with Crippen molar-refractivity contribution in [2.45, 2.75) is 19.8 Å². The minimum Gasteiger partial charge on any atom is -0.462 e. The highest BCUT2D eigenvalue weighted by molar-refractivity contribution is 5.95. The normalized spacial score (nSPS) is 16.6. The van der Waals surface area contributed by atoms with Crippen molar-refractivity contribution in [1.29, 1.82) is 0 Å². The lowest BCUT2D eigenvalue weighted by molar-refractivity contribution is -0.121. The quantitative estimate of drug-likeness (QED) is 0.818. The number of hydrogen-bond donors (Lipinski definition) is 1. The van der Waals surface area contributed by atoms with Crippen LogP contribution < -0.4 is 5.32 Å². The molecule has 0 aliphatic carbocycles. The number of furan rings is 1. The predicted molar refractivity (Wildman–Crippen MR) is 98.4 cm³/mol. The van der Waals surface area contributed by atoms with E-state index in [2.05, 4.69) is 5.32 Å². The first-order valence-electron chi connectivity index (χ1n) is 8.99. The largest absolute Gasteiger partial charge is 0.462 e. The number of carbonyl (C=O) groups is 3. The van der Waals surface area contributed by atoms with Crippen LogP contribution in [-0.2, 0) is 9.53 Å². The van der Waals surface area contributed by atoms with Crippen LogP contribution in [0.2, 0.25) is 0 Å². The molecule has 2 aromatic rings. The fourth-order valence-corrected chi connectivity index (χ4v) is 3.08. The number of benzene rings is 1. The van der Waals surface area contributed by atoms with E-state index >= 15 is 0 Å². The number of nitrogens with zero attached hydrogens (tertiary/aromatic N) is 1. The number of esters is 1. The maximum absolute atomic E-state index is 12.6. The second-order valence-corrected chi connectivity index (χ2v) is 6.35. The van der Waals surface area contributed by atoms with Crippen LogP contribution >= 0.6 is 0 Å². The van der Waals surface area contributed by atoms with Crippen molar-refractivity contribution in [3.8, 4) is 0 Å². The molecule has 7 nitrogen and oxygen atoms in total. The molecule has 1 atom stereocenters. The number of hydrogen-bond acceptors (Lipinski definition) is 5. The first kappa shape index (κ1) is 18.7. The molecular weight excluding hydrogens is 348 g/mol. The number of piperidine rings is 1. The highest BCUT2D eigenvalue weighted by Crippen LogP contribution is 2.21. The van der Waals surface area contributed by atoms with Gasteiger partial charge in [0.05, 0.1) is 24.4 Å². The van der Waals surface area contributed by atoms with Crippen molar-refractivity contribution < 1.29 is 23.5 Å². The van der Waals surface area contributed by atoms with Gasteiger partial charge in [0.1, 0.15) is 0 Å². The molecule has 1 aromatic heterocycles. The predicted octanol–water partition coefficient (Wildman–Crippen LogP) is 2.95. The minimum absolute atomic E-state index is 0.143. The Balaban J connectivity index is 1.59. The Hall–Kier alpha value is -3.09. The fraction of sp³-hybridized carbons (Fsp3) is 0.350. The zero-order chi connectivity index (χ0) is 19.2. The molecule has 142 valence electrons. The van der Waals surface area contributed by atoms with E-state index in [4.69, 9.17) is 9.15 Å². The summed E-state index contributed by atoms with van der Waals surface area (Å²) in [6.07, 6.45) is 2.93. The van der Waals surface area contributed by atoms with Crippen LogP contribution in [0.4, 0.5) is 5.69 Å². The van der Waals surface area contributed by atoms with Gasteiger partial charge >= 0.3 is 5.97 Å². The molecule has 3 rings (SSSR count). The molecule has 2 heterocycles. The summed E-state index contributed by atoms with van der Waals surface area (Å²) in [6, 6.07) is 9.85. The van der Waals surface area contributed by atoms with Crippen LogP contribution in [0, 0.1) is 5.92 Å². The van der Waals surface area contributed by atoms with Gasteiger partial charge in [-0.05, 0) is 56.2 Å². The topological polar surface area (TPSA) is 88.9 Å². The summed E-state index contributed by atoms with van der Waals surface area (Å²) >= 11 is 0. The first-order chi connectivity index (χ1) is 13.1. The minimum atomic E-state index is -0.394. The van der Waals surface area contributed by atoms with Gasteiger partial charge in [0.25, 0.3) is 5.91 Å². The molecule has 0 spiro atoms. The van der Waals surface area contributed by atoms with E-state index in [-0.39, 0.29) is 23.5 Å². The zero-order valence-electron chi connectivity index (χ0n) is 15.1. The van der Waals surface area contributed by atoms with Crippen LogP contribution in [0.25, 0.3) is 0 Å². The van der Waals surface area contributed by atoms with E-state index in [9.17, 15) is 14.4 Å². The van der Waals surface area contributed by atoms with Gasteiger partial charge in [-0.2, -0.15) is 0 Å². The molecule has 27 heavy (non-hydrogen) atoms. The Labute approximate surface area is 157 Å². The van der Waals surface area contributed by atoms with Crippen molar-refractivity contribution in [1.82, 2.24) is 4.90 Å². The molecule has 1 aliphatic rings. The summed E-state index contributed by atoms with van der Waals surface area (Å²) in [4.78, 5) is 38.3. The molecule has 2 amide bonds. The molecular formula is C20H22N2O5. The van der Waals surface area contributed by atoms with Crippen molar-refractivity contribution in [3.63, 3.8) is 0 Å². The molecule has 0 radical (unpaired) electrons. The third kappa shape index (κ3) is 4.55. The monoisotopic (exact) mass is 370 g/mol. The summed E-state index contributed by atoms with van der Waals surface area (Å²) in [7, 11) is 0. The van der Waals surface area contributed by atoms with Gasteiger partial charge in [-0.15, -0.1) is 0 Å². The van der Waals surface area contributed by atoms with Crippen LogP contribution in [0.1, 0.15) is 40.7 Å². The number of anilines is 1. The summed E-state index contributed by atoms with van der Waals surface area (Å²) in [5.74, 6) is -0.741. The first-order valence-corrected chi connectivity index (χ1v) is 8.99. The third-order valence-corrected chi connectivity index (χ3v) is 4.47. The van der Waals surface area contributed by atoms with E-state index in [0.717, 1.165) is 6.42 Å². The van der Waals surface area contributed by atoms with Crippen molar-refractivity contribution in [2.24, 2.45) is 5.92 Å². The summed E-state index contributed by atoms with van der Waals surface area (Å²) in [5, 5.41) is 2.85. The molecule has 1 N–H and O–H groups in total. The number of nitrogens with one attached hydrogen (secondary N) is 1. The van der Waals surface area contributed by atoms with Crippen LogP contribution in [-0.4, -0.2) is 42.4 Å². The van der Waals surface area contributed by atoms with Gasteiger partial charge in [0, 0.05) is 18.8 Å². The fourth-order valence-electron chi connectivity index (χ4n) is 3.08. The average molecular weight is 370 g/mol. The second-order valence-electron chi connectivity index (χ2n) is 6.35. The lowest BCUT2D eigenvalue weighted by atomic mass is 9.96. The Morgan fingerprint density at radius 2 is 2.00 bits per heavy atom. The van der Waals surface area contributed by atoms with E-state index in [0.29, 0.717) is 37.4 Å². The standard InChI is InChI=1S/C20H22N2O5/c1-2-26-20(25)14-7-9-16(10-8-14)21-18(23)15-5-3-11-22(13-15)19(24)17-6-4-12-27-17/h4,6-10,12,15H,2-3,5,11,13H2,1H3,(H,21,23)/t15-/m0/s1. The molecule has 1 fully saturated rings. The Morgan fingerprint density at radius 1 is 1.22 bits per heavy atom. The van der Waals surface area contributed by atoms with Crippen molar-refractivity contribution in [2.75, 3.05) is 25.0 Å². The van der Waals surface area contributed by atoms with Crippen LogP contribution in [0.3, 0.4) is 0 Å². The molecule has 0 saturated carbocycles. The van der Waals surface area contributed by atoms with Crippen LogP contribution in [0.5, 0.6) is 0 Å². The maximum atomic E-state index is 12.6. The second kappa shape index (κ2) is 8.53. The Kier molecular flexibility index (Phi) is 5.90. The molecule has 1 saturated heterocycles. The van der Waals surface area contributed by atoms with Gasteiger partial charge in [0.2, 0.25) is 5.91 Å². The number of amides is 2.